The van der Waals surface area contributed by atoms with Crippen molar-refractivity contribution in [3.05, 3.63) is 89.7 Å². The highest BCUT2D eigenvalue weighted by molar-refractivity contribution is 6.03. The summed E-state index contributed by atoms with van der Waals surface area (Å²) in [5.74, 6) is -0.727. The number of aromatic nitrogens is 3. The molecular formula is C22H19FN4O. The highest BCUT2D eigenvalue weighted by Gasteiger charge is 2.11. The molecule has 5 nitrogen and oxygen atoms in total. The first-order valence-electron chi connectivity index (χ1n) is 8.65. The number of hydrogen-bond acceptors (Lipinski definition) is 4. The minimum absolute atomic E-state index is 0.249. The standard InChI is InChI=1S/C22H19FN4O/c1-4-18(23)13-16-7-10-20(25-15(16)3)17-8-9-19(14(2)12-17)26-22(28)21-6-5-11-24-27-21/h4-13H,1H2,2-3H3,(H,26,28)/b18-13+. The molecule has 0 aliphatic rings. The Morgan fingerprint density at radius 3 is 2.64 bits per heavy atom. The van der Waals surface area contributed by atoms with Crippen LogP contribution in [-0.2, 0) is 0 Å². The molecule has 3 rings (SSSR count). The second kappa shape index (κ2) is 8.35. The third-order valence-corrected chi connectivity index (χ3v) is 4.19. The molecule has 2 heterocycles. The van der Waals surface area contributed by atoms with Crippen LogP contribution in [0.5, 0.6) is 0 Å². The van der Waals surface area contributed by atoms with Crippen LogP contribution in [0.15, 0.2) is 67.1 Å². The number of benzene rings is 1. The number of rotatable bonds is 5. The largest absolute Gasteiger partial charge is 0.320 e. The lowest BCUT2D eigenvalue weighted by Crippen LogP contribution is -2.14. The molecule has 2 aromatic heterocycles. The molecule has 0 aliphatic heterocycles. The van der Waals surface area contributed by atoms with Crippen molar-refractivity contribution >= 4 is 17.7 Å². The van der Waals surface area contributed by atoms with Crippen LogP contribution in [0.1, 0.15) is 27.3 Å². The van der Waals surface area contributed by atoms with E-state index in [1.807, 2.05) is 44.2 Å². The first-order chi connectivity index (χ1) is 13.5. The molecule has 0 aliphatic carbocycles. The van der Waals surface area contributed by atoms with E-state index < -0.39 is 5.83 Å². The fourth-order valence-corrected chi connectivity index (χ4v) is 2.66. The number of allylic oxidation sites excluding steroid dienone is 2. The van der Waals surface area contributed by atoms with Gasteiger partial charge in [0.25, 0.3) is 5.91 Å². The van der Waals surface area contributed by atoms with Gasteiger partial charge in [0.15, 0.2) is 5.69 Å². The molecule has 0 atom stereocenters. The Bertz CT molecular complexity index is 1060. The van der Waals surface area contributed by atoms with Crippen molar-refractivity contribution in [3.8, 4) is 11.3 Å². The summed E-state index contributed by atoms with van der Waals surface area (Å²) in [4.78, 5) is 16.8. The summed E-state index contributed by atoms with van der Waals surface area (Å²) >= 11 is 0. The molecule has 0 unspecified atom stereocenters. The van der Waals surface area contributed by atoms with Crippen LogP contribution in [0.2, 0.25) is 0 Å². The summed E-state index contributed by atoms with van der Waals surface area (Å²) in [6.07, 6.45) is 4.07. The van der Waals surface area contributed by atoms with Crippen LogP contribution in [0, 0.1) is 13.8 Å². The Morgan fingerprint density at radius 2 is 2.00 bits per heavy atom. The molecule has 1 N–H and O–H groups in total. The minimum Gasteiger partial charge on any atom is -0.320 e. The summed E-state index contributed by atoms with van der Waals surface area (Å²) in [6, 6.07) is 12.5. The number of halogens is 1. The van der Waals surface area contributed by atoms with E-state index in [9.17, 15) is 9.18 Å². The molecule has 1 amide bonds. The molecular weight excluding hydrogens is 355 g/mol. The van der Waals surface area contributed by atoms with Crippen LogP contribution in [-0.4, -0.2) is 21.1 Å². The number of nitrogens with zero attached hydrogens (tertiary/aromatic N) is 3. The Balaban J connectivity index is 1.83. The van der Waals surface area contributed by atoms with Crippen molar-refractivity contribution in [2.75, 3.05) is 5.32 Å². The van der Waals surface area contributed by atoms with Crippen LogP contribution < -0.4 is 5.32 Å². The van der Waals surface area contributed by atoms with Crippen LogP contribution in [0.4, 0.5) is 10.1 Å². The summed E-state index contributed by atoms with van der Waals surface area (Å²) < 4.78 is 13.4. The molecule has 0 radical (unpaired) electrons. The SMILES string of the molecule is C=C/C(F)=C\c1ccc(-c2ccc(NC(=O)c3cccnn3)c(C)c2)nc1C. The normalized spacial score (nSPS) is 11.2. The van der Waals surface area contributed by atoms with Gasteiger partial charge in [0.1, 0.15) is 5.83 Å². The van der Waals surface area contributed by atoms with E-state index in [0.717, 1.165) is 22.9 Å². The predicted molar refractivity (Wildman–Crippen MR) is 108 cm³/mol. The monoisotopic (exact) mass is 374 g/mol. The van der Waals surface area contributed by atoms with Crippen molar-refractivity contribution in [3.63, 3.8) is 0 Å². The maximum Gasteiger partial charge on any atom is 0.276 e. The molecule has 0 saturated heterocycles. The highest BCUT2D eigenvalue weighted by Crippen LogP contribution is 2.25. The molecule has 140 valence electrons. The number of hydrogen-bond donors (Lipinski definition) is 1. The van der Waals surface area contributed by atoms with Gasteiger partial charge in [-0.1, -0.05) is 18.7 Å². The number of carbonyl (C=O) groups excluding carboxylic acids is 1. The molecule has 28 heavy (non-hydrogen) atoms. The lowest BCUT2D eigenvalue weighted by Gasteiger charge is -2.11. The number of aryl methyl sites for hydroxylation is 2. The van der Waals surface area contributed by atoms with E-state index in [1.165, 1.54) is 12.3 Å². The Kier molecular flexibility index (Phi) is 5.69. The summed E-state index contributed by atoms with van der Waals surface area (Å²) in [5.41, 5.74) is 4.90. The zero-order valence-electron chi connectivity index (χ0n) is 15.6. The number of carbonyl (C=O) groups is 1. The zero-order chi connectivity index (χ0) is 20.1. The van der Waals surface area contributed by atoms with Crippen molar-refractivity contribution in [2.45, 2.75) is 13.8 Å². The maximum atomic E-state index is 13.4. The van der Waals surface area contributed by atoms with E-state index in [-0.39, 0.29) is 11.6 Å². The van der Waals surface area contributed by atoms with Crippen molar-refractivity contribution in [1.82, 2.24) is 15.2 Å². The minimum atomic E-state index is -0.406. The van der Waals surface area contributed by atoms with E-state index >= 15 is 0 Å². The fourth-order valence-electron chi connectivity index (χ4n) is 2.66. The first-order valence-corrected chi connectivity index (χ1v) is 8.65. The number of amides is 1. The van der Waals surface area contributed by atoms with E-state index in [4.69, 9.17) is 0 Å². The second-order valence-corrected chi connectivity index (χ2v) is 6.20. The Morgan fingerprint density at radius 1 is 1.18 bits per heavy atom. The average molecular weight is 374 g/mol. The van der Waals surface area contributed by atoms with Crippen molar-refractivity contribution in [1.29, 1.82) is 0 Å². The van der Waals surface area contributed by atoms with Gasteiger partial charge >= 0.3 is 0 Å². The molecule has 0 spiro atoms. The lowest BCUT2D eigenvalue weighted by atomic mass is 10.0. The number of anilines is 1. The predicted octanol–water partition coefficient (Wildman–Crippen LogP) is 4.90. The van der Waals surface area contributed by atoms with Gasteiger partial charge in [-0.3, -0.25) is 9.78 Å². The zero-order valence-corrected chi connectivity index (χ0v) is 15.6. The van der Waals surface area contributed by atoms with Crippen LogP contribution in [0.25, 0.3) is 17.3 Å². The molecule has 3 aromatic rings. The first kappa shape index (κ1) is 19.1. The van der Waals surface area contributed by atoms with Gasteiger partial charge in [0.05, 0.1) is 5.69 Å². The summed E-state index contributed by atoms with van der Waals surface area (Å²) in [6.45, 7) is 7.14. The van der Waals surface area contributed by atoms with E-state index in [0.29, 0.717) is 16.9 Å². The quantitative estimate of drug-likeness (QED) is 0.645. The highest BCUT2D eigenvalue weighted by atomic mass is 19.1. The Labute approximate surface area is 162 Å². The smallest absolute Gasteiger partial charge is 0.276 e. The third kappa shape index (κ3) is 4.35. The van der Waals surface area contributed by atoms with Gasteiger partial charge in [-0.2, -0.15) is 5.10 Å². The Hall–Kier alpha value is -3.67. The molecule has 0 fully saturated rings. The molecule has 0 saturated carbocycles. The summed E-state index contributed by atoms with van der Waals surface area (Å²) in [7, 11) is 0. The van der Waals surface area contributed by atoms with Gasteiger partial charge in [0.2, 0.25) is 0 Å². The molecule has 6 heteroatoms. The van der Waals surface area contributed by atoms with Crippen LogP contribution >= 0.6 is 0 Å². The van der Waals surface area contributed by atoms with E-state index in [2.05, 4.69) is 27.1 Å². The van der Waals surface area contributed by atoms with E-state index in [1.54, 1.807) is 12.1 Å². The molecule has 1 aromatic carbocycles. The summed E-state index contributed by atoms with van der Waals surface area (Å²) in [5, 5.41) is 10.3. The number of nitrogens with one attached hydrogen (secondary N) is 1. The maximum absolute atomic E-state index is 13.4. The number of pyridine rings is 1. The van der Waals surface area contributed by atoms with Gasteiger partial charge < -0.3 is 5.32 Å². The lowest BCUT2D eigenvalue weighted by molar-refractivity contribution is 0.102. The fraction of sp³-hybridized carbons (Fsp3) is 0.0909. The second-order valence-electron chi connectivity index (χ2n) is 6.20. The van der Waals surface area contributed by atoms with Crippen LogP contribution in [0.3, 0.4) is 0 Å². The topological polar surface area (TPSA) is 67.8 Å². The van der Waals surface area contributed by atoms with Crippen molar-refractivity contribution < 1.29 is 9.18 Å². The van der Waals surface area contributed by atoms with Gasteiger partial charge in [0, 0.05) is 23.1 Å². The molecule has 0 bridgehead atoms. The average Bonchev–Trinajstić information content (AvgIpc) is 2.71. The van der Waals surface area contributed by atoms with Gasteiger partial charge in [-0.05, 0) is 67.5 Å². The van der Waals surface area contributed by atoms with Gasteiger partial charge in [-0.15, -0.1) is 5.10 Å². The third-order valence-electron chi connectivity index (χ3n) is 4.19. The van der Waals surface area contributed by atoms with Gasteiger partial charge in [-0.25, -0.2) is 4.39 Å². The van der Waals surface area contributed by atoms with Crippen molar-refractivity contribution in [2.24, 2.45) is 0 Å².